The Morgan fingerprint density at radius 2 is 1.96 bits per heavy atom. The number of carbonyl (C=O) groups is 2. The van der Waals surface area contributed by atoms with E-state index in [0.29, 0.717) is 18.5 Å². The van der Waals surface area contributed by atoms with Gasteiger partial charge in [0.25, 0.3) is 5.91 Å². The minimum atomic E-state index is -0.0628. The lowest BCUT2D eigenvalue weighted by atomic mass is 10.0. The molecule has 1 aliphatic rings. The van der Waals surface area contributed by atoms with Gasteiger partial charge >= 0.3 is 0 Å². The summed E-state index contributed by atoms with van der Waals surface area (Å²) in [5.74, 6) is 0.953. The van der Waals surface area contributed by atoms with Gasteiger partial charge in [0, 0.05) is 32.1 Å². The Kier molecular flexibility index (Phi) is 5.79. The van der Waals surface area contributed by atoms with Gasteiger partial charge < -0.3 is 14.5 Å². The van der Waals surface area contributed by atoms with Crippen LogP contribution in [0.15, 0.2) is 48.5 Å². The molecule has 1 fully saturated rings. The van der Waals surface area contributed by atoms with E-state index in [4.69, 9.17) is 4.74 Å². The zero-order valence-electron chi connectivity index (χ0n) is 16.1. The number of rotatable bonds is 6. The average Bonchev–Trinajstić information content (AvgIpc) is 3.11. The minimum absolute atomic E-state index is 0.0343. The zero-order valence-corrected chi connectivity index (χ0v) is 16.1. The van der Waals surface area contributed by atoms with Gasteiger partial charge in [-0.05, 0) is 48.7 Å². The van der Waals surface area contributed by atoms with Crippen LogP contribution < -0.4 is 4.74 Å². The topological polar surface area (TPSA) is 49.9 Å². The molecule has 1 atom stereocenters. The van der Waals surface area contributed by atoms with Crippen molar-refractivity contribution in [2.45, 2.75) is 32.4 Å². The van der Waals surface area contributed by atoms with Crippen molar-refractivity contribution in [3.63, 3.8) is 0 Å². The van der Waals surface area contributed by atoms with Crippen molar-refractivity contribution in [2.24, 2.45) is 0 Å². The Balaban J connectivity index is 1.72. The van der Waals surface area contributed by atoms with E-state index in [0.717, 1.165) is 29.8 Å². The van der Waals surface area contributed by atoms with E-state index in [9.17, 15) is 9.59 Å². The molecule has 0 saturated carbocycles. The number of carbonyl (C=O) groups excluding carboxylic acids is 2. The van der Waals surface area contributed by atoms with E-state index in [1.165, 1.54) is 0 Å². The van der Waals surface area contributed by atoms with E-state index >= 15 is 0 Å². The summed E-state index contributed by atoms with van der Waals surface area (Å²) in [5, 5.41) is 0. The zero-order chi connectivity index (χ0) is 19.4. The summed E-state index contributed by atoms with van der Waals surface area (Å²) in [6, 6.07) is 15.3. The Bertz CT molecular complexity index is 817. The van der Waals surface area contributed by atoms with Crippen molar-refractivity contribution in [2.75, 3.05) is 20.7 Å². The highest BCUT2D eigenvalue weighted by Crippen LogP contribution is 2.23. The van der Waals surface area contributed by atoms with Gasteiger partial charge in [0.05, 0.1) is 13.2 Å². The van der Waals surface area contributed by atoms with Gasteiger partial charge in [0.2, 0.25) is 5.91 Å². The molecule has 2 amide bonds. The summed E-state index contributed by atoms with van der Waals surface area (Å²) in [4.78, 5) is 28.4. The molecule has 5 nitrogen and oxygen atoms in total. The monoisotopic (exact) mass is 366 g/mol. The molecule has 0 aromatic heterocycles. The highest BCUT2D eigenvalue weighted by molar-refractivity contribution is 5.94. The molecule has 1 unspecified atom stereocenters. The molecule has 5 heteroatoms. The maximum atomic E-state index is 13.0. The predicted octanol–water partition coefficient (Wildman–Crippen LogP) is 3.65. The van der Waals surface area contributed by atoms with E-state index in [1.54, 1.807) is 12.0 Å². The fraction of sp³-hybridized carbons (Fsp3) is 0.364. The van der Waals surface area contributed by atoms with Crippen molar-refractivity contribution in [3.8, 4) is 5.75 Å². The summed E-state index contributed by atoms with van der Waals surface area (Å²) in [7, 11) is 3.45. The Labute approximate surface area is 160 Å². The third-order valence-electron chi connectivity index (χ3n) is 5.22. The molecule has 2 aromatic rings. The smallest absolute Gasteiger partial charge is 0.254 e. The van der Waals surface area contributed by atoms with Gasteiger partial charge in [-0.15, -0.1) is 0 Å². The van der Waals surface area contributed by atoms with Gasteiger partial charge in [-0.2, -0.15) is 0 Å². The number of likely N-dealkylation sites (tertiary alicyclic amines) is 1. The highest BCUT2D eigenvalue weighted by atomic mass is 16.5. The van der Waals surface area contributed by atoms with Crippen molar-refractivity contribution < 1.29 is 14.3 Å². The first-order valence-electron chi connectivity index (χ1n) is 9.27. The fourth-order valence-electron chi connectivity index (χ4n) is 3.38. The van der Waals surface area contributed by atoms with Crippen molar-refractivity contribution >= 4 is 11.8 Å². The molecule has 0 N–H and O–H groups in total. The lowest BCUT2D eigenvalue weighted by Crippen LogP contribution is -2.30. The summed E-state index contributed by atoms with van der Waals surface area (Å²) in [6.45, 7) is 3.37. The number of nitrogens with zero attached hydrogens (tertiary/aromatic N) is 2. The average molecular weight is 366 g/mol. The second kappa shape index (κ2) is 8.25. The van der Waals surface area contributed by atoms with Gasteiger partial charge in [-0.1, -0.05) is 24.3 Å². The van der Waals surface area contributed by atoms with Gasteiger partial charge in [0.15, 0.2) is 0 Å². The summed E-state index contributed by atoms with van der Waals surface area (Å²) < 4.78 is 5.19. The lowest BCUT2D eigenvalue weighted by molar-refractivity contribution is -0.128. The molecule has 0 aliphatic carbocycles. The van der Waals surface area contributed by atoms with E-state index in [1.807, 2.05) is 67.4 Å². The molecule has 27 heavy (non-hydrogen) atoms. The van der Waals surface area contributed by atoms with E-state index < -0.39 is 0 Å². The fourth-order valence-corrected chi connectivity index (χ4v) is 3.38. The Hall–Kier alpha value is -2.82. The second-order valence-corrected chi connectivity index (χ2v) is 6.98. The van der Waals surface area contributed by atoms with Crippen LogP contribution in [0.1, 0.15) is 47.3 Å². The van der Waals surface area contributed by atoms with Crippen LogP contribution in [0, 0.1) is 0 Å². The second-order valence-electron chi connectivity index (χ2n) is 6.98. The highest BCUT2D eigenvalue weighted by Gasteiger charge is 2.22. The van der Waals surface area contributed by atoms with Crippen LogP contribution in [0.4, 0.5) is 0 Å². The predicted molar refractivity (Wildman–Crippen MR) is 105 cm³/mol. The number of hydrogen-bond acceptors (Lipinski definition) is 3. The quantitative estimate of drug-likeness (QED) is 0.784. The number of amides is 2. The van der Waals surface area contributed by atoms with Gasteiger partial charge in [-0.25, -0.2) is 0 Å². The van der Waals surface area contributed by atoms with Crippen LogP contribution in [0.25, 0.3) is 0 Å². The van der Waals surface area contributed by atoms with Crippen LogP contribution in [0.5, 0.6) is 5.75 Å². The van der Waals surface area contributed by atoms with E-state index in [2.05, 4.69) is 0 Å². The Morgan fingerprint density at radius 3 is 2.59 bits per heavy atom. The summed E-state index contributed by atoms with van der Waals surface area (Å²) in [6.07, 6.45) is 1.54. The number of hydrogen-bond donors (Lipinski definition) is 0. The maximum Gasteiger partial charge on any atom is 0.254 e. The Morgan fingerprint density at radius 1 is 1.22 bits per heavy atom. The number of benzene rings is 2. The molecule has 3 rings (SSSR count). The molecule has 0 radical (unpaired) electrons. The first kappa shape index (κ1) is 19.0. The molecule has 1 heterocycles. The van der Waals surface area contributed by atoms with Crippen molar-refractivity contribution in [1.82, 2.24) is 9.80 Å². The van der Waals surface area contributed by atoms with Crippen LogP contribution in [-0.4, -0.2) is 42.3 Å². The van der Waals surface area contributed by atoms with Crippen molar-refractivity contribution in [1.29, 1.82) is 0 Å². The first-order chi connectivity index (χ1) is 13.0. The largest absolute Gasteiger partial charge is 0.497 e. The molecule has 0 bridgehead atoms. The van der Waals surface area contributed by atoms with Gasteiger partial charge in [-0.3, -0.25) is 9.59 Å². The SMILES string of the molecule is COc1ccc(C(C)N(C)C(=O)c2cccc(CN3CCCC3=O)c2)cc1. The van der Waals surface area contributed by atoms with Crippen LogP contribution in [0.3, 0.4) is 0 Å². The normalized spacial score (nSPS) is 14.9. The number of methoxy groups -OCH3 is 1. The van der Waals surface area contributed by atoms with Crippen LogP contribution in [-0.2, 0) is 11.3 Å². The molecule has 1 aliphatic heterocycles. The lowest BCUT2D eigenvalue weighted by Gasteiger charge is -2.26. The minimum Gasteiger partial charge on any atom is -0.497 e. The van der Waals surface area contributed by atoms with Gasteiger partial charge in [0.1, 0.15) is 5.75 Å². The third kappa shape index (κ3) is 4.30. The standard InChI is InChI=1S/C22H26N2O3/c1-16(18-9-11-20(27-3)12-10-18)23(2)22(26)19-7-4-6-17(14-19)15-24-13-5-8-21(24)25/h4,6-7,9-12,14,16H,5,8,13,15H2,1-3H3. The molecular formula is C22H26N2O3. The summed E-state index contributed by atoms with van der Waals surface area (Å²) >= 11 is 0. The molecular weight excluding hydrogens is 340 g/mol. The first-order valence-corrected chi connectivity index (χ1v) is 9.27. The molecule has 1 saturated heterocycles. The molecule has 2 aromatic carbocycles. The number of ether oxygens (including phenoxy) is 1. The van der Waals surface area contributed by atoms with E-state index in [-0.39, 0.29) is 17.9 Å². The molecule has 0 spiro atoms. The summed E-state index contributed by atoms with van der Waals surface area (Å²) in [5.41, 5.74) is 2.68. The van der Waals surface area contributed by atoms with Crippen molar-refractivity contribution in [3.05, 3.63) is 65.2 Å². The maximum absolute atomic E-state index is 13.0. The van der Waals surface area contributed by atoms with Crippen LogP contribution in [0.2, 0.25) is 0 Å². The molecule has 142 valence electrons. The van der Waals surface area contributed by atoms with Crippen LogP contribution >= 0.6 is 0 Å². The third-order valence-corrected chi connectivity index (χ3v) is 5.22.